The number of nitrogens with zero attached hydrogens (tertiary/aromatic N) is 1. The number of aliphatic hydroxyl groups excluding tert-OH is 1. The van der Waals surface area contributed by atoms with Gasteiger partial charge in [0.25, 0.3) is 5.91 Å². The number of nitrogens with one attached hydrogen (secondary N) is 2. The Morgan fingerprint density at radius 1 is 1.29 bits per heavy atom. The monoisotopic (exact) mass is 419 g/mol. The van der Waals surface area contributed by atoms with E-state index in [1.54, 1.807) is 17.1 Å². The van der Waals surface area contributed by atoms with Gasteiger partial charge < -0.3 is 20.6 Å². The largest absolute Gasteiger partial charge is 0.389 e. The first-order valence-corrected chi connectivity index (χ1v) is 9.94. The molecule has 148 valence electrons. The summed E-state index contributed by atoms with van der Waals surface area (Å²) in [5.74, 6) is -0.189. The van der Waals surface area contributed by atoms with Crippen molar-refractivity contribution in [2.45, 2.75) is 25.4 Å². The first-order valence-electron chi connectivity index (χ1n) is 9.15. The quantitative estimate of drug-likeness (QED) is 0.592. The topological polar surface area (TPSA) is 81.7 Å². The number of carbonyl (C=O) groups excluding carboxylic acids is 2. The van der Waals surface area contributed by atoms with E-state index in [0.29, 0.717) is 28.3 Å². The van der Waals surface area contributed by atoms with E-state index in [1.807, 2.05) is 24.3 Å². The summed E-state index contributed by atoms with van der Waals surface area (Å²) in [6, 6.07) is 7.50. The Morgan fingerprint density at radius 2 is 2.04 bits per heavy atom. The Hall–Kier alpha value is -2.22. The molecule has 1 fully saturated rings. The third kappa shape index (κ3) is 5.19. The van der Waals surface area contributed by atoms with Crippen LogP contribution in [0.15, 0.2) is 47.0 Å². The molecule has 1 atom stereocenters. The predicted molar refractivity (Wildman–Crippen MR) is 115 cm³/mol. The summed E-state index contributed by atoms with van der Waals surface area (Å²) < 4.78 is 0. The fourth-order valence-electron chi connectivity index (χ4n) is 3.06. The first kappa shape index (κ1) is 20.5. The van der Waals surface area contributed by atoms with Crippen LogP contribution in [0.5, 0.6) is 0 Å². The van der Waals surface area contributed by atoms with Gasteiger partial charge in [0.15, 0.2) is 0 Å². The summed E-state index contributed by atoms with van der Waals surface area (Å²) in [5, 5.41) is 16.4. The number of aliphatic hydroxyl groups is 1. The lowest BCUT2D eigenvalue weighted by atomic mass is 10.0. The molecule has 1 aromatic carbocycles. The van der Waals surface area contributed by atoms with Crippen molar-refractivity contribution in [2.24, 2.45) is 0 Å². The number of halogens is 1. The van der Waals surface area contributed by atoms with E-state index in [9.17, 15) is 14.7 Å². The van der Waals surface area contributed by atoms with Crippen LogP contribution in [-0.4, -0.2) is 47.5 Å². The van der Waals surface area contributed by atoms with Gasteiger partial charge in [-0.1, -0.05) is 29.9 Å². The molecule has 3 N–H and O–H groups in total. The Kier molecular flexibility index (Phi) is 6.83. The van der Waals surface area contributed by atoms with Gasteiger partial charge in [-0.05, 0) is 36.8 Å². The normalized spacial score (nSPS) is 17.9. The molecule has 0 bridgehead atoms. The van der Waals surface area contributed by atoms with E-state index in [1.165, 1.54) is 0 Å². The molecule has 2 aliphatic rings. The van der Waals surface area contributed by atoms with Gasteiger partial charge in [0.05, 0.1) is 11.7 Å². The lowest BCUT2D eigenvalue weighted by Crippen LogP contribution is -2.37. The number of hydrogen-bond acceptors (Lipinski definition) is 5. The van der Waals surface area contributed by atoms with Crippen molar-refractivity contribution >= 4 is 51.9 Å². The van der Waals surface area contributed by atoms with Gasteiger partial charge in [-0.15, -0.1) is 0 Å². The van der Waals surface area contributed by atoms with Crippen LogP contribution in [0.25, 0.3) is 0 Å². The molecule has 1 aliphatic carbocycles. The number of carbonyl (C=O) groups is 2. The molecule has 8 heteroatoms. The van der Waals surface area contributed by atoms with Crippen molar-refractivity contribution in [2.75, 3.05) is 29.9 Å². The molecule has 28 heavy (non-hydrogen) atoms. The summed E-state index contributed by atoms with van der Waals surface area (Å²) in [4.78, 5) is 26.3. The highest BCUT2D eigenvalue weighted by Crippen LogP contribution is 2.23. The minimum absolute atomic E-state index is 0.0908. The average molecular weight is 420 g/mol. The van der Waals surface area contributed by atoms with Gasteiger partial charge in [0.1, 0.15) is 0 Å². The molecule has 1 aromatic rings. The number of allylic oxidation sites excluding steroid dienone is 3. The van der Waals surface area contributed by atoms with Gasteiger partial charge in [-0.3, -0.25) is 9.59 Å². The Morgan fingerprint density at radius 3 is 2.71 bits per heavy atom. The molecule has 0 saturated carbocycles. The number of benzene rings is 1. The fourth-order valence-corrected chi connectivity index (χ4v) is 3.48. The lowest BCUT2D eigenvalue weighted by molar-refractivity contribution is -0.118. The summed E-state index contributed by atoms with van der Waals surface area (Å²) in [6.45, 7) is 1.12. The van der Waals surface area contributed by atoms with Crippen LogP contribution in [0, 0.1) is 0 Å². The molecule has 6 nitrogen and oxygen atoms in total. The third-order valence-corrected chi connectivity index (χ3v) is 5.25. The fraction of sp³-hybridized carbons (Fsp3) is 0.350. The minimum atomic E-state index is -0.771. The SMILES string of the molecule is O=C(NCC(O)CNc1ccc(N2CCCC2=O)cc1)C1=CC(Cl)=CCC1=S. The van der Waals surface area contributed by atoms with Crippen molar-refractivity contribution in [1.29, 1.82) is 0 Å². The smallest absolute Gasteiger partial charge is 0.252 e. The zero-order chi connectivity index (χ0) is 20.1. The average Bonchev–Trinajstić information content (AvgIpc) is 3.12. The molecule has 3 rings (SSSR count). The zero-order valence-corrected chi connectivity index (χ0v) is 16.9. The molecule has 0 aromatic heterocycles. The molecule has 1 saturated heterocycles. The van der Waals surface area contributed by atoms with Crippen LogP contribution in [-0.2, 0) is 9.59 Å². The highest BCUT2D eigenvalue weighted by molar-refractivity contribution is 7.81. The van der Waals surface area contributed by atoms with E-state index in [-0.39, 0.29) is 24.9 Å². The van der Waals surface area contributed by atoms with E-state index in [2.05, 4.69) is 10.6 Å². The number of rotatable bonds is 7. The van der Waals surface area contributed by atoms with Crippen molar-refractivity contribution < 1.29 is 14.7 Å². The maximum atomic E-state index is 12.2. The minimum Gasteiger partial charge on any atom is -0.389 e. The maximum Gasteiger partial charge on any atom is 0.252 e. The van der Waals surface area contributed by atoms with Crippen molar-refractivity contribution in [3.8, 4) is 0 Å². The van der Waals surface area contributed by atoms with Crippen LogP contribution in [0.2, 0.25) is 0 Å². The third-order valence-electron chi connectivity index (χ3n) is 4.60. The van der Waals surface area contributed by atoms with Crippen LogP contribution >= 0.6 is 23.8 Å². The highest BCUT2D eigenvalue weighted by Gasteiger charge is 2.21. The molecule has 2 amide bonds. The standard InChI is InChI=1S/C20H22ClN3O3S/c21-13-3-8-18(28)17(10-13)20(27)23-12-16(25)11-22-14-4-6-15(7-5-14)24-9-1-2-19(24)26/h3-7,10,16,22,25H,1-2,8-9,11-12H2,(H,23,27). The van der Waals surface area contributed by atoms with Crippen LogP contribution in [0.4, 0.5) is 11.4 Å². The second-order valence-electron chi connectivity index (χ2n) is 6.71. The van der Waals surface area contributed by atoms with Gasteiger partial charge in [0, 0.05) is 53.7 Å². The molecule has 0 radical (unpaired) electrons. The molecule has 1 aliphatic heterocycles. The first-order chi connectivity index (χ1) is 13.4. The Bertz CT molecular complexity index is 836. The molecule has 0 spiro atoms. The van der Waals surface area contributed by atoms with Crippen molar-refractivity contribution in [3.05, 3.63) is 47.0 Å². The number of thiocarbonyl (C=S) groups is 1. The molecule has 1 heterocycles. The Labute approximate surface area is 174 Å². The van der Waals surface area contributed by atoms with Gasteiger partial charge in [-0.25, -0.2) is 0 Å². The summed E-state index contributed by atoms with van der Waals surface area (Å²) >= 11 is 11.1. The van der Waals surface area contributed by atoms with Crippen molar-refractivity contribution in [1.82, 2.24) is 5.32 Å². The van der Waals surface area contributed by atoms with Crippen molar-refractivity contribution in [3.63, 3.8) is 0 Å². The predicted octanol–water partition coefficient (Wildman–Crippen LogP) is 2.53. The van der Waals surface area contributed by atoms with Gasteiger partial charge >= 0.3 is 0 Å². The number of anilines is 2. The van der Waals surface area contributed by atoms with Crippen LogP contribution < -0.4 is 15.5 Å². The maximum absolute atomic E-state index is 12.2. The lowest BCUT2D eigenvalue weighted by Gasteiger charge is -2.18. The van der Waals surface area contributed by atoms with E-state index in [0.717, 1.165) is 24.3 Å². The number of hydrogen-bond donors (Lipinski definition) is 3. The van der Waals surface area contributed by atoms with Gasteiger partial charge in [-0.2, -0.15) is 0 Å². The molecular formula is C20H22ClN3O3S. The zero-order valence-electron chi connectivity index (χ0n) is 15.3. The van der Waals surface area contributed by atoms with E-state index >= 15 is 0 Å². The van der Waals surface area contributed by atoms with Gasteiger partial charge in [0.2, 0.25) is 5.91 Å². The second kappa shape index (κ2) is 9.32. The second-order valence-corrected chi connectivity index (χ2v) is 7.64. The van der Waals surface area contributed by atoms with Crippen LogP contribution in [0.1, 0.15) is 19.3 Å². The van der Waals surface area contributed by atoms with E-state index < -0.39 is 6.10 Å². The van der Waals surface area contributed by atoms with E-state index in [4.69, 9.17) is 23.8 Å². The van der Waals surface area contributed by atoms with Crippen LogP contribution in [0.3, 0.4) is 0 Å². The number of amides is 2. The molecule has 1 unspecified atom stereocenters. The summed E-state index contributed by atoms with van der Waals surface area (Å²) in [7, 11) is 0. The molecular weight excluding hydrogens is 398 g/mol. The summed E-state index contributed by atoms with van der Waals surface area (Å²) in [5.41, 5.74) is 2.08. The Balaban J connectivity index is 1.45. The summed E-state index contributed by atoms with van der Waals surface area (Å²) in [6.07, 6.45) is 4.48. The highest BCUT2D eigenvalue weighted by atomic mass is 35.5.